The first-order valence-electron chi connectivity index (χ1n) is 9.65. The van der Waals surface area contributed by atoms with Crippen molar-refractivity contribution >= 4 is 23.3 Å². The Labute approximate surface area is 180 Å². The molecule has 2 aromatic carbocycles. The van der Waals surface area contributed by atoms with Crippen LogP contribution in [0.25, 0.3) is 0 Å². The molecule has 3 amide bonds. The van der Waals surface area contributed by atoms with Crippen molar-refractivity contribution in [1.82, 2.24) is 10.3 Å². The van der Waals surface area contributed by atoms with Gasteiger partial charge >= 0.3 is 6.03 Å². The van der Waals surface area contributed by atoms with E-state index >= 15 is 0 Å². The zero-order valence-corrected chi connectivity index (χ0v) is 17.3. The second-order valence-electron chi connectivity index (χ2n) is 6.66. The molecule has 0 saturated heterocycles. The topological polar surface area (TPSA) is 102 Å². The summed E-state index contributed by atoms with van der Waals surface area (Å²) in [4.78, 5) is 27.7. The van der Waals surface area contributed by atoms with Crippen LogP contribution < -0.4 is 25.4 Å². The quantitative estimate of drug-likeness (QED) is 0.512. The maximum Gasteiger partial charge on any atom is 0.319 e. The van der Waals surface area contributed by atoms with Gasteiger partial charge in [-0.1, -0.05) is 18.2 Å². The summed E-state index contributed by atoms with van der Waals surface area (Å²) in [6.07, 6.45) is 1.72. The third-order valence-electron chi connectivity index (χ3n) is 4.23. The Morgan fingerprint density at radius 2 is 1.87 bits per heavy atom. The van der Waals surface area contributed by atoms with Gasteiger partial charge in [0.1, 0.15) is 18.1 Å². The Morgan fingerprint density at radius 1 is 1.00 bits per heavy atom. The average Bonchev–Trinajstić information content (AvgIpc) is 2.78. The van der Waals surface area contributed by atoms with Crippen LogP contribution in [0.1, 0.15) is 18.2 Å². The first-order chi connectivity index (χ1) is 15.0. The van der Waals surface area contributed by atoms with Gasteiger partial charge in [0.15, 0.2) is 0 Å². The van der Waals surface area contributed by atoms with Crippen molar-refractivity contribution in [3.8, 4) is 11.5 Å². The van der Waals surface area contributed by atoms with Gasteiger partial charge < -0.3 is 25.4 Å². The number of carbonyl (C=O) groups excluding carboxylic acids is 2. The number of pyridine rings is 1. The molecule has 0 unspecified atom stereocenters. The fourth-order valence-electron chi connectivity index (χ4n) is 2.81. The maximum atomic E-state index is 12.3. The number of benzene rings is 2. The van der Waals surface area contributed by atoms with E-state index in [-0.39, 0.29) is 11.9 Å². The van der Waals surface area contributed by atoms with E-state index in [1.54, 1.807) is 24.4 Å². The first-order valence-corrected chi connectivity index (χ1v) is 9.65. The molecule has 1 aromatic heterocycles. The molecule has 1 heterocycles. The molecule has 31 heavy (non-hydrogen) atoms. The van der Waals surface area contributed by atoms with E-state index in [2.05, 4.69) is 20.9 Å². The number of hydrogen-bond donors (Lipinski definition) is 3. The number of nitrogens with one attached hydrogen (secondary N) is 3. The summed E-state index contributed by atoms with van der Waals surface area (Å²) in [6, 6.07) is 17.8. The predicted octanol–water partition coefficient (Wildman–Crippen LogP) is 3.95. The number of urea groups is 1. The maximum absolute atomic E-state index is 12.3. The molecular formula is C23H24N4O4. The van der Waals surface area contributed by atoms with Gasteiger partial charge in [-0.15, -0.1) is 0 Å². The lowest BCUT2D eigenvalue weighted by Crippen LogP contribution is -2.28. The SMILES string of the molecule is COc1cc(NC(=O)NCc2cccc(OCc3ccccn3)c2)ccc1NC(C)=O. The Kier molecular flexibility index (Phi) is 7.42. The lowest BCUT2D eigenvalue weighted by Gasteiger charge is -2.13. The van der Waals surface area contributed by atoms with E-state index in [1.807, 2.05) is 42.5 Å². The number of amides is 3. The van der Waals surface area contributed by atoms with E-state index in [1.165, 1.54) is 14.0 Å². The molecule has 0 radical (unpaired) electrons. The van der Waals surface area contributed by atoms with Crippen molar-refractivity contribution in [2.75, 3.05) is 17.7 Å². The van der Waals surface area contributed by atoms with Crippen LogP contribution >= 0.6 is 0 Å². The Bertz CT molecular complexity index is 1040. The van der Waals surface area contributed by atoms with Gasteiger partial charge in [0.2, 0.25) is 5.91 Å². The van der Waals surface area contributed by atoms with Gasteiger partial charge in [-0.2, -0.15) is 0 Å². The van der Waals surface area contributed by atoms with Crippen LogP contribution in [-0.4, -0.2) is 24.0 Å². The predicted molar refractivity (Wildman–Crippen MR) is 118 cm³/mol. The standard InChI is InChI=1S/C23H24N4O4/c1-16(28)26-21-10-9-18(13-22(21)30-2)27-23(29)25-14-17-6-5-8-20(12-17)31-15-19-7-3-4-11-24-19/h3-13H,14-15H2,1-2H3,(H,26,28)(H2,25,27,29). The molecule has 0 saturated carbocycles. The van der Waals surface area contributed by atoms with Crippen LogP contribution in [0.15, 0.2) is 66.9 Å². The molecule has 3 rings (SSSR count). The molecule has 0 fully saturated rings. The highest BCUT2D eigenvalue weighted by atomic mass is 16.5. The minimum Gasteiger partial charge on any atom is -0.494 e. The molecule has 3 aromatic rings. The van der Waals surface area contributed by atoms with Crippen molar-refractivity contribution < 1.29 is 19.1 Å². The number of carbonyl (C=O) groups is 2. The van der Waals surface area contributed by atoms with Crippen LogP contribution in [0.3, 0.4) is 0 Å². The second-order valence-corrected chi connectivity index (χ2v) is 6.66. The second kappa shape index (κ2) is 10.6. The van der Waals surface area contributed by atoms with E-state index in [4.69, 9.17) is 9.47 Å². The largest absolute Gasteiger partial charge is 0.494 e. The average molecular weight is 420 g/mol. The minimum atomic E-state index is -0.367. The number of nitrogens with zero attached hydrogens (tertiary/aromatic N) is 1. The third-order valence-corrected chi connectivity index (χ3v) is 4.23. The number of anilines is 2. The molecule has 8 nitrogen and oxygen atoms in total. The fourth-order valence-corrected chi connectivity index (χ4v) is 2.81. The number of ether oxygens (including phenoxy) is 2. The van der Waals surface area contributed by atoms with E-state index in [9.17, 15) is 9.59 Å². The van der Waals surface area contributed by atoms with Crippen molar-refractivity contribution in [3.05, 3.63) is 78.1 Å². The monoisotopic (exact) mass is 420 g/mol. The highest BCUT2D eigenvalue weighted by Crippen LogP contribution is 2.27. The molecule has 0 aliphatic heterocycles. The summed E-state index contributed by atoms with van der Waals surface area (Å²) in [5.74, 6) is 0.942. The molecule has 8 heteroatoms. The summed E-state index contributed by atoms with van der Waals surface area (Å²) in [7, 11) is 1.49. The van der Waals surface area contributed by atoms with Gasteiger partial charge in [-0.25, -0.2) is 4.79 Å². The molecule has 160 valence electrons. The molecule has 0 aliphatic rings. The minimum absolute atomic E-state index is 0.206. The summed E-state index contributed by atoms with van der Waals surface area (Å²) in [5, 5.41) is 8.22. The number of aromatic nitrogens is 1. The van der Waals surface area contributed by atoms with Gasteiger partial charge in [-0.05, 0) is 42.0 Å². The van der Waals surface area contributed by atoms with Crippen molar-refractivity contribution in [3.63, 3.8) is 0 Å². The van der Waals surface area contributed by atoms with Crippen LogP contribution in [-0.2, 0) is 17.9 Å². The molecule has 0 aliphatic carbocycles. The Morgan fingerprint density at radius 3 is 2.61 bits per heavy atom. The van der Waals surface area contributed by atoms with Gasteiger partial charge in [-0.3, -0.25) is 9.78 Å². The zero-order valence-electron chi connectivity index (χ0n) is 17.3. The van der Waals surface area contributed by atoms with Crippen LogP contribution in [0.2, 0.25) is 0 Å². The first kappa shape index (κ1) is 21.6. The molecule has 0 bridgehead atoms. The third kappa shape index (κ3) is 6.74. The van der Waals surface area contributed by atoms with Crippen LogP contribution in [0.5, 0.6) is 11.5 Å². The molecule has 0 atom stereocenters. The number of methoxy groups -OCH3 is 1. The van der Waals surface area contributed by atoms with Crippen molar-refractivity contribution in [2.45, 2.75) is 20.1 Å². The lowest BCUT2D eigenvalue weighted by molar-refractivity contribution is -0.114. The number of hydrogen-bond acceptors (Lipinski definition) is 5. The smallest absolute Gasteiger partial charge is 0.319 e. The highest BCUT2D eigenvalue weighted by molar-refractivity contribution is 5.93. The van der Waals surface area contributed by atoms with Crippen molar-refractivity contribution in [2.24, 2.45) is 0 Å². The van der Waals surface area contributed by atoms with E-state index < -0.39 is 0 Å². The fraction of sp³-hybridized carbons (Fsp3) is 0.174. The van der Waals surface area contributed by atoms with E-state index in [0.29, 0.717) is 36.0 Å². The summed E-state index contributed by atoms with van der Waals surface area (Å²) in [5.41, 5.74) is 2.80. The lowest BCUT2D eigenvalue weighted by atomic mass is 10.2. The van der Waals surface area contributed by atoms with Crippen LogP contribution in [0, 0.1) is 0 Å². The zero-order chi connectivity index (χ0) is 22.1. The summed E-state index contributed by atoms with van der Waals surface area (Å²) in [6.45, 7) is 2.11. The number of rotatable bonds is 8. The normalized spacial score (nSPS) is 10.1. The molecular weight excluding hydrogens is 396 g/mol. The van der Waals surface area contributed by atoms with Gasteiger partial charge in [0.25, 0.3) is 0 Å². The van der Waals surface area contributed by atoms with Crippen LogP contribution in [0.4, 0.5) is 16.2 Å². The highest BCUT2D eigenvalue weighted by Gasteiger charge is 2.08. The Hall–Kier alpha value is -4.07. The van der Waals surface area contributed by atoms with E-state index in [0.717, 1.165) is 11.3 Å². The van der Waals surface area contributed by atoms with Gasteiger partial charge in [0.05, 0.1) is 18.5 Å². The summed E-state index contributed by atoms with van der Waals surface area (Å²) < 4.78 is 11.0. The van der Waals surface area contributed by atoms with Gasteiger partial charge in [0, 0.05) is 31.4 Å². The Balaban J connectivity index is 1.53. The van der Waals surface area contributed by atoms with Crippen molar-refractivity contribution in [1.29, 1.82) is 0 Å². The molecule has 3 N–H and O–H groups in total. The summed E-state index contributed by atoms with van der Waals surface area (Å²) >= 11 is 0. The molecule has 0 spiro atoms.